The number of hydrogen-bond donors (Lipinski definition) is 2. The minimum atomic E-state index is -3.66. The van der Waals surface area contributed by atoms with Gasteiger partial charge in [-0.25, -0.2) is 13.6 Å². The summed E-state index contributed by atoms with van der Waals surface area (Å²) >= 11 is 0. The highest BCUT2D eigenvalue weighted by molar-refractivity contribution is 7.89. The van der Waals surface area contributed by atoms with Crippen molar-refractivity contribution in [2.24, 2.45) is 5.14 Å². The first-order chi connectivity index (χ1) is 8.41. The van der Waals surface area contributed by atoms with Crippen molar-refractivity contribution < 1.29 is 13.2 Å². The number of nitrogens with one attached hydrogen (secondary N) is 1. The number of primary sulfonamides is 1. The number of rotatable bonds is 4. The van der Waals surface area contributed by atoms with Gasteiger partial charge in [0.15, 0.2) is 0 Å². The maximum atomic E-state index is 11.4. The molecule has 100 valence electrons. The van der Waals surface area contributed by atoms with Gasteiger partial charge in [-0.3, -0.25) is 0 Å². The lowest BCUT2D eigenvalue weighted by molar-refractivity contribution is 0.0328. The van der Waals surface area contributed by atoms with Crippen molar-refractivity contribution in [3.05, 3.63) is 23.8 Å². The van der Waals surface area contributed by atoms with E-state index in [1.54, 1.807) is 20.1 Å². The number of hydrogen-bond acceptors (Lipinski definition) is 4. The predicted molar refractivity (Wildman–Crippen MR) is 70.0 cm³/mol. The van der Waals surface area contributed by atoms with E-state index in [9.17, 15) is 8.42 Å². The number of nitrogens with two attached hydrogens (primary N) is 1. The third-order valence-electron chi connectivity index (χ3n) is 3.38. The number of methoxy groups -OCH3 is 1. The van der Waals surface area contributed by atoms with Crippen LogP contribution in [0.2, 0.25) is 0 Å². The van der Waals surface area contributed by atoms with Crippen LogP contribution in [-0.2, 0) is 14.8 Å². The molecule has 0 heterocycles. The van der Waals surface area contributed by atoms with Gasteiger partial charge in [0, 0.05) is 18.8 Å². The quantitative estimate of drug-likeness (QED) is 0.862. The first kappa shape index (κ1) is 13.3. The predicted octanol–water partition coefficient (Wildman–Crippen LogP) is 1.23. The molecule has 1 aliphatic rings. The summed E-state index contributed by atoms with van der Waals surface area (Å²) in [6.45, 7) is 1.76. The summed E-state index contributed by atoms with van der Waals surface area (Å²) in [6.07, 6.45) is 2.19. The zero-order valence-corrected chi connectivity index (χ0v) is 11.3. The van der Waals surface area contributed by atoms with Gasteiger partial charge in [0.1, 0.15) is 0 Å². The SMILES string of the molecule is COC1CC(Nc2cccc(S(N)(=O)=O)c2C)C1. The Morgan fingerprint density at radius 2 is 2.06 bits per heavy atom. The molecule has 2 rings (SSSR count). The molecule has 1 fully saturated rings. The number of benzene rings is 1. The molecule has 0 saturated heterocycles. The van der Waals surface area contributed by atoms with Crippen molar-refractivity contribution in [1.29, 1.82) is 0 Å². The Hall–Kier alpha value is -1.11. The zero-order valence-electron chi connectivity index (χ0n) is 10.5. The summed E-state index contributed by atoms with van der Waals surface area (Å²) < 4.78 is 28.0. The number of anilines is 1. The molecule has 0 aliphatic heterocycles. The highest BCUT2D eigenvalue weighted by atomic mass is 32.2. The van der Waals surface area contributed by atoms with Gasteiger partial charge < -0.3 is 10.1 Å². The van der Waals surface area contributed by atoms with Crippen molar-refractivity contribution in [2.75, 3.05) is 12.4 Å². The molecule has 0 spiro atoms. The molecular weight excluding hydrogens is 252 g/mol. The van der Waals surface area contributed by atoms with Crippen LogP contribution in [0.1, 0.15) is 18.4 Å². The van der Waals surface area contributed by atoms with Crippen molar-refractivity contribution >= 4 is 15.7 Å². The molecule has 0 bridgehead atoms. The average Bonchev–Trinajstić information content (AvgIpc) is 2.23. The maximum Gasteiger partial charge on any atom is 0.238 e. The molecule has 3 N–H and O–H groups in total. The fraction of sp³-hybridized carbons (Fsp3) is 0.500. The summed E-state index contributed by atoms with van der Waals surface area (Å²) in [5, 5.41) is 8.50. The van der Waals surface area contributed by atoms with Gasteiger partial charge in [0.2, 0.25) is 10.0 Å². The lowest BCUT2D eigenvalue weighted by Crippen LogP contribution is -2.40. The van der Waals surface area contributed by atoms with Crippen LogP contribution < -0.4 is 10.5 Å². The van der Waals surface area contributed by atoms with Crippen LogP contribution in [-0.4, -0.2) is 27.7 Å². The summed E-state index contributed by atoms with van der Waals surface area (Å²) in [7, 11) is -1.96. The molecule has 0 radical (unpaired) electrons. The van der Waals surface area contributed by atoms with Gasteiger partial charge in [-0.05, 0) is 37.5 Å². The van der Waals surface area contributed by atoms with Crippen LogP contribution in [0, 0.1) is 6.92 Å². The third-order valence-corrected chi connectivity index (χ3v) is 4.43. The van der Waals surface area contributed by atoms with E-state index in [1.807, 2.05) is 6.07 Å². The van der Waals surface area contributed by atoms with Gasteiger partial charge in [-0.1, -0.05) is 6.07 Å². The van der Waals surface area contributed by atoms with Gasteiger partial charge in [0.25, 0.3) is 0 Å². The zero-order chi connectivity index (χ0) is 13.3. The highest BCUT2D eigenvalue weighted by Crippen LogP contribution is 2.29. The number of sulfonamides is 1. The molecule has 1 aromatic rings. The standard InChI is InChI=1S/C12H18N2O3S/c1-8-11(14-9-6-10(7-9)17-2)4-3-5-12(8)18(13,15)16/h3-5,9-10,14H,6-7H2,1-2H3,(H2,13,15,16). The van der Waals surface area contributed by atoms with E-state index < -0.39 is 10.0 Å². The summed E-state index contributed by atoms with van der Waals surface area (Å²) in [5.74, 6) is 0. The fourth-order valence-corrected chi connectivity index (χ4v) is 2.98. The summed E-state index contributed by atoms with van der Waals surface area (Å²) in [6, 6.07) is 5.42. The van der Waals surface area contributed by atoms with Gasteiger partial charge in [0.05, 0.1) is 11.0 Å². The lowest BCUT2D eigenvalue weighted by atomic mass is 9.89. The molecule has 0 aromatic heterocycles. The minimum absolute atomic E-state index is 0.176. The molecule has 0 amide bonds. The summed E-state index contributed by atoms with van der Waals surface area (Å²) in [4.78, 5) is 0.176. The van der Waals surface area contributed by atoms with E-state index in [1.165, 1.54) is 6.07 Å². The molecule has 6 heteroatoms. The maximum absolute atomic E-state index is 11.4. The topological polar surface area (TPSA) is 81.4 Å². The van der Waals surface area contributed by atoms with E-state index in [4.69, 9.17) is 9.88 Å². The average molecular weight is 270 g/mol. The molecule has 18 heavy (non-hydrogen) atoms. The molecule has 1 aromatic carbocycles. The van der Waals surface area contributed by atoms with Crippen LogP contribution in [0.15, 0.2) is 23.1 Å². The van der Waals surface area contributed by atoms with E-state index >= 15 is 0 Å². The number of ether oxygens (including phenoxy) is 1. The second-order valence-electron chi connectivity index (χ2n) is 4.64. The van der Waals surface area contributed by atoms with Gasteiger partial charge in [-0.2, -0.15) is 0 Å². The highest BCUT2D eigenvalue weighted by Gasteiger charge is 2.29. The Labute approximate surface area is 107 Å². The van der Waals surface area contributed by atoms with Crippen molar-refractivity contribution in [3.63, 3.8) is 0 Å². The third kappa shape index (κ3) is 2.66. The molecule has 0 atom stereocenters. The minimum Gasteiger partial charge on any atom is -0.382 e. The Morgan fingerprint density at radius 1 is 1.39 bits per heavy atom. The second-order valence-corrected chi connectivity index (χ2v) is 6.17. The molecule has 1 aliphatic carbocycles. The van der Waals surface area contributed by atoms with Crippen LogP contribution in [0.3, 0.4) is 0 Å². The van der Waals surface area contributed by atoms with E-state index in [0.29, 0.717) is 17.7 Å². The smallest absolute Gasteiger partial charge is 0.238 e. The largest absolute Gasteiger partial charge is 0.382 e. The van der Waals surface area contributed by atoms with E-state index in [0.717, 1.165) is 18.5 Å². The molecule has 0 unspecified atom stereocenters. The summed E-state index contributed by atoms with van der Waals surface area (Å²) in [5.41, 5.74) is 1.49. The van der Waals surface area contributed by atoms with Gasteiger partial charge in [-0.15, -0.1) is 0 Å². The lowest BCUT2D eigenvalue weighted by Gasteiger charge is -2.35. The first-order valence-electron chi connectivity index (χ1n) is 5.83. The molecule has 5 nitrogen and oxygen atoms in total. The Kier molecular flexibility index (Phi) is 3.61. The van der Waals surface area contributed by atoms with E-state index in [-0.39, 0.29) is 4.90 Å². The Morgan fingerprint density at radius 3 is 2.61 bits per heavy atom. The normalized spacial score (nSPS) is 23.5. The van der Waals surface area contributed by atoms with Crippen molar-refractivity contribution in [3.8, 4) is 0 Å². The molecule has 1 saturated carbocycles. The van der Waals surface area contributed by atoms with Crippen molar-refractivity contribution in [2.45, 2.75) is 36.8 Å². The Bertz CT molecular complexity index is 536. The molecular formula is C12H18N2O3S. The van der Waals surface area contributed by atoms with Crippen LogP contribution in [0.25, 0.3) is 0 Å². The van der Waals surface area contributed by atoms with Crippen LogP contribution in [0.4, 0.5) is 5.69 Å². The monoisotopic (exact) mass is 270 g/mol. The van der Waals surface area contributed by atoms with Gasteiger partial charge >= 0.3 is 0 Å². The second kappa shape index (κ2) is 4.87. The van der Waals surface area contributed by atoms with Crippen LogP contribution >= 0.6 is 0 Å². The Balaban J connectivity index is 2.15. The van der Waals surface area contributed by atoms with E-state index in [2.05, 4.69) is 5.32 Å². The fourth-order valence-electron chi connectivity index (χ4n) is 2.17. The van der Waals surface area contributed by atoms with Crippen LogP contribution in [0.5, 0.6) is 0 Å². The van der Waals surface area contributed by atoms with Crippen molar-refractivity contribution in [1.82, 2.24) is 0 Å². The first-order valence-corrected chi connectivity index (χ1v) is 7.38.